The molecule has 2 rings (SSSR count). The van der Waals surface area contributed by atoms with Crippen LogP contribution < -0.4 is 10.2 Å². The Morgan fingerprint density at radius 3 is 2.30 bits per heavy atom. The lowest BCUT2D eigenvalue weighted by molar-refractivity contribution is 0.0525. The highest BCUT2D eigenvalue weighted by molar-refractivity contribution is 6.10. The van der Waals surface area contributed by atoms with Crippen molar-refractivity contribution >= 4 is 11.8 Å². The molecule has 2 aromatic carbocycles. The molecule has 2 aromatic rings. The zero-order valence-electron chi connectivity index (χ0n) is 16.8. The third-order valence-corrected chi connectivity index (χ3v) is 4.41. The lowest BCUT2D eigenvalue weighted by Crippen LogP contribution is -2.47. The van der Waals surface area contributed by atoms with Crippen LogP contribution in [0.5, 0.6) is 5.75 Å². The Kier molecular flexibility index (Phi) is 7.13. The topological polar surface area (TPSA) is 58.6 Å². The van der Waals surface area contributed by atoms with Gasteiger partial charge in [0.1, 0.15) is 5.75 Å². The van der Waals surface area contributed by atoms with E-state index in [-0.39, 0.29) is 11.8 Å². The molecule has 0 aliphatic rings. The molecule has 0 aliphatic heterocycles. The summed E-state index contributed by atoms with van der Waals surface area (Å²) >= 11 is 0. The van der Waals surface area contributed by atoms with E-state index in [2.05, 4.69) is 12.3 Å². The summed E-state index contributed by atoms with van der Waals surface area (Å²) in [5.41, 5.74) is 6.62. The van der Waals surface area contributed by atoms with Crippen LogP contribution in [0.15, 0.2) is 36.4 Å². The summed E-state index contributed by atoms with van der Waals surface area (Å²) in [6.07, 6.45) is 1.83. The maximum Gasteiger partial charge on any atom is 0.275 e. The molecule has 1 N–H and O–H groups in total. The summed E-state index contributed by atoms with van der Waals surface area (Å²) in [7, 11) is 1.56. The number of rotatable bonds is 7. The van der Waals surface area contributed by atoms with Crippen molar-refractivity contribution in [2.75, 3.05) is 13.7 Å². The number of carbonyl (C=O) groups is 2. The van der Waals surface area contributed by atoms with E-state index in [1.54, 1.807) is 37.4 Å². The molecule has 144 valence electrons. The zero-order valence-corrected chi connectivity index (χ0v) is 16.8. The first-order valence-corrected chi connectivity index (χ1v) is 9.23. The largest absolute Gasteiger partial charge is 0.496 e. The predicted molar refractivity (Wildman–Crippen MR) is 107 cm³/mol. The van der Waals surface area contributed by atoms with Crippen LogP contribution in [0.1, 0.15) is 57.2 Å². The number of methoxy groups -OCH3 is 1. The molecule has 5 heteroatoms. The van der Waals surface area contributed by atoms with Gasteiger partial charge in [0.15, 0.2) is 0 Å². The highest BCUT2D eigenvalue weighted by atomic mass is 16.5. The van der Waals surface area contributed by atoms with E-state index in [0.717, 1.165) is 29.0 Å². The van der Waals surface area contributed by atoms with Crippen molar-refractivity contribution in [2.45, 2.75) is 40.5 Å². The van der Waals surface area contributed by atoms with Crippen LogP contribution in [-0.4, -0.2) is 30.5 Å². The van der Waals surface area contributed by atoms with Crippen molar-refractivity contribution in [3.63, 3.8) is 0 Å². The number of nitrogens with zero attached hydrogens (tertiary/aromatic N) is 1. The van der Waals surface area contributed by atoms with E-state index in [0.29, 0.717) is 29.0 Å². The van der Waals surface area contributed by atoms with Crippen LogP contribution in [0.25, 0.3) is 0 Å². The van der Waals surface area contributed by atoms with Gasteiger partial charge in [-0.1, -0.05) is 36.6 Å². The highest BCUT2D eigenvalue weighted by Crippen LogP contribution is 2.22. The molecule has 0 unspecified atom stereocenters. The van der Waals surface area contributed by atoms with E-state index >= 15 is 0 Å². The molecule has 0 fully saturated rings. The fraction of sp³-hybridized carbons (Fsp3) is 0.364. The lowest BCUT2D eigenvalue weighted by Gasteiger charge is -2.23. The second-order valence-electron chi connectivity index (χ2n) is 6.72. The molecule has 2 amide bonds. The van der Waals surface area contributed by atoms with E-state index in [9.17, 15) is 9.59 Å². The Morgan fingerprint density at radius 1 is 1.04 bits per heavy atom. The number of ether oxygens (including phenoxy) is 1. The van der Waals surface area contributed by atoms with Crippen LogP contribution in [0, 0.1) is 20.8 Å². The van der Waals surface area contributed by atoms with Crippen molar-refractivity contribution < 1.29 is 14.3 Å². The Balaban J connectivity index is 2.41. The molecule has 0 saturated heterocycles. The van der Waals surface area contributed by atoms with Gasteiger partial charge in [0.05, 0.1) is 7.11 Å². The van der Waals surface area contributed by atoms with Gasteiger partial charge in [0.25, 0.3) is 11.8 Å². The standard InChI is InChI=1S/C22H28N2O3/c1-6-7-11-23-24(21(25)18-13-15(2)12-16(3)14-18)22(26)19-9-8-10-20(27-5)17(19)4/h8-10,12-14,23H,6-7,11H2,1-5H3. The van der Waals surface area contributed by atoms with Gasteiger partial charge < -0.3 is 4.74 Å². The average Bonchev–Trinajstić information content (AvgIpc) is 2.64. The second kappa shape index (κ2) is 9.33. The monoisotopic (exact) mass is 368 g/mol. The summed E-state index contributed by atoms with van der Waals surface area (Å²) in [5.74, 6) is -0.120. The normalized spacial score (nSPS) is 10.6. The first-order chi connectivity index (χ1) is 12.9. The first kappa shape index (κ1) is 20.6. The minimum absolute atomic E-state index is 0.356. The van der Waals surface area contributed by atoms with Gasteiger partial charge in [-0.2, -0.15) is 0 Å². The number of hydrazine groups is 1. The van der Waals surface area contributed by atoms with Gasteiger partial charge in [-0.15, -0.1) is 0 Å². The Morgan fingerprint density at radius 2 is 1.70 bits per heavy atom. The second-order valence-corrected chi connectivity index (χ2v) is 6.72. The van der Waals surface area contributed by atoms with E-state index in [1.165, 1.54) is 0 Å². The molecular formula is C22H28N2O3. The predicted octanol–water partition coefficient (Wildman–Crippen LogP) is 4.21. The molecule has 27 heavy (non-hydrogen) atoms. The minimum atomic E-state index is -0.383. The molecule has 0 aliphatic carbocycles. The molecule has 0 atom stereocenters. The minimum Gasteiger partial charge on any atom is -0.496 e. The molecule has 0 aromatic heterocycles. The Bertz CT molecular complexity index is 810. The molecule has 0 saturated carbocycles. The molecule has 0 spiro atoms. The Hall–Kier alpha value is -2.66. The number of benzene rings is 2. The quantitative estimate of drug-likeness (QED) is 0.452. The maximum absolute atomic E-state index is 13.2. The number of unbranched alkanes of at least 4 members (excludes halogenated alkanes) is 1. The van der Waals surface area contributed by atoms with Gasteiger partial charge in [-0.3, -0.25) is 9.59 Å². The number of imide groups is 1. The third-order valence-electron chi connectivity index (χ3n) is 4.41. The lowest BCUT2D eigenvalue weighted by atomic mass is 10.0. The summed E-state index contributed by atoms with van der Waals surface area (Å²) in [4.78, 5) is 26.3. The fourth-order valence-corrected chi connectivity index (χ4v) is 3.02. The zero-order chi connectivity index (χ0) is 20.0. The van der Waals surface area contributed by atoms with Crippen LogP contribution in [0.2, 0.25) is 0 Å². The summed E-state index contributed by atoms with van der Waals surface area (Å²) in [5, 5.41) is 1.13. The van der Waals surface area contributed by atoms with Crippen molar-refractivity contribution in [1.82, 2.24) is 10.4 Å². The van der Waals surface area contributed by atoms with Crippen molar-refractivity contribution in [3.8, 4) is 5.75 Å². The number of hydrogen-bond acceptors (Lipinski definition) is 4. The van der Waals surface area contributed by atoms with Crippen molar-refractivity contribution in [2.24, 2.45) is 0 Å². The number of hydrogen-bond donors (Lipinski definition) is 1. The molecule has 0 bridgehead atoms. The summed E-state index contributed by atoms with van der Waals surface area (Å²) in [6.45, 7) is 8.30. The third kappa shape index (κ3) is 4.95. The van der Waals surface area contributed by atoms with Gasteiger partial charge >= 0.3 is 0 Å². The fourth-order valence-electron chi connectivity index (χ4n) is 3.02. The highest BCUT2D eigenvalue weighted by Gasteiger charge is 2.26. The number of aryl methyl sites for hydroxylation is 2. The van der Waals surface area contributed by atoms with E-state index < -0.39 is 0 Å². The van der Waals surface area contributed by atoms with Crippen LogP contribution in [-0.2, 0) is 0 Å². The van der Waals surface area contributed by atoms with Gasteiger partial charge in [-0.25, -0.2) is 10.4 Å². The van der Waals surface area contributed by atoms with Gasteiger partial charge in [-0.05, 0) is 51.5 Å². The maximum atomic E-state index is 13.2. The van der Waals surface area contributed by atoms with Crippen LogP contribution in [0.4, 0.5) is 0 Å². The van der Waals surface area contributed by atoms with E-state index in [1.807, 2.05) is 26.8 Å². The SMILES string of the molecule is CCCCNN(C(=O)c1cc(C)cc(C)c1)C(=O)c1cccc(OC)c1C. The molecule has 0 radical (unpaired) electrons. The molecule has 5 nitrogen and oxygen atoms in total. The van der Waals surface area contributed by atoms with Crippen molar-refractivity contribution in [3.05, 3.63) is 64.2 Å². The van der Waals surface area contributed by atoms with Gasteiger partial charge in [0, 0.05) is 23.2 Å². The van der Waals surface area contributed by atoms with E-state index in [4.69, 9.17) is 4.74 Å². The van der Waals surface area contributed by atoms with Crippen LogP contribution in [0.3, 0.4) is 0 Å². The van der Waals surface area contributed by atoms with Gasteiger partial charge in [0.2, 0.25) is 0 Å². The molecular weight excluding hydrogens is 340 g/mol. The van der Waals surface area contributed by atoms with Crippen molar-refractivity contribution in [1.29, 1.82) is 0 Å². The number of carbonyl (C=O) groups excluding carboxylic acids is 2. The van der Waals surface area contributed by atoms with Crippen LogP contribution >= 0.6 is 0 Å². The molecule has 0 heterocycles. The number of amides is 2. The number of nitrogens with one attached hydrogen (secondary N) is 1. The first-order valence-electron chi connectivity index (χ1n) is 9.23. The summed E-state index contributed by atoms with van der Waals surface area (Å²) < 4.78 is 5.31. The Labute approximate surface area is 161 Å². The summed E-state index contributed by atoms with van der Waals surface area (Å²) in [6, 6.07) is 10.9. The average molecular weight is 368 g/mol. The smallest absolute Gasteiger partial charge is 0.275 e.